The van der Waals surface area contributed by atoms with Gasteiger partial charge in [-0.2, -0.15) is 0 Å². The zero-order chi connectivity index (χ0) is 14.3. The van der Waals surface area contributed by atoms with Crippen LogP contribution in [0.25, 0.3) is 0 Å². The first-order chi connectivity index (χ1) is 8.82. The lowest BCUT2D eigenvalue weighted by atomic mass is 9.83. The van der Waals surface area contributed by atoms with Crippen LogP contribution in [-0.4, -0.2) is 18.6 Å². The van der Waals surface area contributed by atoms with Crippen molar-refractivity contribution in [2.45, 2.75) is 32.2 Å². The molecule has 0 bridgehead atoms. The summed E-state index contributed by atoms with van der Waals surface area (Å²) >= 11 is 9.36. The van der Waals surface area contributed by atoms with Crippen LogP contribution >= 0.6 is 27.5 Å². The maximum absolute atomic E-state index is 12.2. The second kappa shape index (κ2) is 4.98. The molecule has 104 valence electrons. The minimum absolute atomic E-state index is 0.0633. The maximum Gasteiger partial charge on any atom is 0.331 e. The first kappa shape index (κ1) is 14.7. The second-order valence-electron chi connectivity index (χ2n) is 5.43. The third kappa shape index (κ3) is 2.61. The number of esters is 1. The Kier molecular flexibility index (Phi) is 3.85. The molecule has 0 saturated heterocycles. The average molecular weight is 347 g/mol. The van der Waals surface area contributed by atoms with E-state index in [-0.39, 0.29) is 11.4 Å². The summed E-state index contributed by atoms with van der Waals surface area (Å²) in [5.74, 6) is -0.237. The SMILES string of the molecule is COC(=O)C(C)(Nc1ccc(Cl)c(Br)c1)C1(C)CC1. The van der Waals surface area contributed by atoms with E-state index in [4.69, 9.17) is 16.3 Å². The molecule has 0 amide bonds. The fourth-order valence-electron chi connectivity index (χ4n) is 2.20. The Labute approximate surface area is 126 Å². The second-order valence-corrected chi connectivity index (χ2v) is 6.69. The van der Waals surface area contributed by atoms with E-state index in [1.165, 1.54) is 7.11 Å². The van der Waals surface area contributed by atoms with Crippen molar-refractivity contribution >= 4 is 39.2 Å². The van der Waals surface area contributed by atoms with Crippen LogP contribution in [0.4, 0.5) is 5.69 Å². The lowest BCUT2D eigenvalue weighted by Gasteiger charge is -2.35. The van der Waals surface area contributed by atoms with E-state index >= 15 is 0 Å². The van der Waals surface area contributed by atoms with Crippen molar-refractivity contribution in [2.75, 3.05) is 12.4 Å². The van der Waals surface area contributed by atoms with Crippen LogP contribution < -0.4 is 5.32 Å². The Bertz CT molecular complexity index is 516. The van der Waals surface area contributed by atoms with Crippen LogP contribution in [0.5, 0.6) is 0 Å². The van der Waals surface area contributed by atoms with Gasteiger partial charge < -0.3 is 10.1 Å². The number of rotatable bonds is 4. The summed E-state index contributed by atoms with van der Waals surface area (Å²) in [7, 11) is 1.42. The molecule has 3 nitrogen and oxygen atoms in total. The summed E-state index contributed by atoms with van der Waals surface area (Å²) in [5, 5.41) is 3.96. The number of anilines is 1. The van der Waals surface area contributed by atoms with Gasteiger partial charge in [0, 0.05) is 15.6 Å². The summed E-state index contributed by atoms with van der Waals surface area (Å²) in [6.07, 6.45) is 2.03. The average Bonchev–Trinajstić information content (AvgIpc) is 3.12. The van der Waals surface area contributed by atoms with Crippen molar-refractivity contribution in [1.82, 2.24) is 0 Å². The molecule has 0 aromatic heterocycles. The molecule has 1 unspecified atom stereocenters. The summed E-state index contributed by atoms with van der Waals surface area (Å²) in [6, 6.07) is 5.52. The van der Waals surface area contributed by atoms with Crippen LogP contribution in [0, 0.1) is 5.41 Å². The Morgan fingerprint density at radius 1 is 1.53 bits per heavy atom. The summed E-state index contributed by atoms with van der Waals surface area (Å²) in [6.45, 7) is 4.00. The molecule has 1 aromatic rings. The van der Waals surface area contributed by atoms with Crippen molar-refractivity contribution < 1.29 is 9.53 Å². The Morgan fingerprint density at radius 3 is 2.63 bits per heavy atom. The number of halogens is 2. The first-order valence-electron chi connectivity index (χ1n) is 6.14. The molecule has 1 aliphatic rings. The molecule has 0 heterocycles. The fraction of sp³-hybridized carbons (Fsp3) is 0.500. The van der Waals surface area contributed by atoms with Crippen molar-refractivity contribution in [3.05, 3.63) is 27.7 Å². The highest BCUT2D eigenvalue weighted by molar-refractivity contribution is 9.10. The Morgan fingerprint density at radius 2 is 2.16 bits per heavy atom. The van der Waals surface area contributed by atoms with Gasteiger partial charge in [-0.15, -0.1) is 0 Å². The molecule has 1 N–H and O–H groups in total. The number of methoxy groups -OCH3 is 1. The molecular weight excluding hydrogens is 330 g/mol. The lowest BCUT2D eigenvalue weighted by Crippen LogP contribution is -2.51. The highest BCUT2D eigenvalue weighted by atomic mass is 79.9. The zero-order valence-electron chi connectivity index (χ0n) is 11.2. The molecule has 0 aliphatic heterocycles. The van der Waals surface area contributed by atoms with Crippen LogP contribution in [0.2, 0.25) is 5.02 Å². The van der Waals surface area contributed by atoms with Gasteiger partial charge in [0.25, 0.3) is 0 Å². The van der Waals surface area contributed by atoms with Crippen molar-refractivity contribution in [3.8, 4) is 0 Å². The van der Waals surface area contributed by atoms with Gasteiger partial charge in [0.15, 0.2) is 0 Å². The third-order valence-electron chi connectivity index (χ3n) is 4.11. The van der Waals surface area contributed by atoms with E-state index in [0.717, 1.165) is 23.0 Å². The number of hydrogen-bond acceptors (Lipinski definition) is 3. The molecule has 1 fully saturated rings. The highest BCUT2D eigenvalue weighted by Gasteiger charge is 2.58. The van der Waals surface area contributed by atoms with Gasteiger partial charge >= 0.3 is 5.97 Å². The Hall–Kier alpha value is -0.740. The minimum Gasteiger partial charge on any atom is -0.467 e. The monoisotopic (exact) mass is 345 g/mol. The molecule has 1 aliphatic carbocycles. The quantitative estimate of drug-likeness (QED) is 0.828. The van der Waals surface area contributed by atoms with E-state index in [1.807, 2.05) is 19.1 Å². The normalized spacial score (nSPS) is 19.4. The number of benzene rings is 1. The van der Waals surface area contributed by atoms with E-state index in [9.17, 15) is 4.79 Å². The molecule has 0 radical (unpaired) electrons. The molecule has 5 heteroatoms. The minimum atomic E-state index is -0.727. The van der Waals surface area contributed by atoms with Crippen LogP contribution in [-0.2, 0) is 9.53 Å². The smallest absolute Gasteiger partial charge is 0.331 e. The Balaban J connectivity index is 2.31. The molecular formula is C14H17BrClNO2. The number of hydrogen-bond donors (Lipinski definition) is 1. The molecule has 2 rings (SSSR count). The van der Waals surface area contributed by atoms with E-state index in [0.29, 0.717) is 5.02 Å². The molecule has 1 aromatic carbocycles. The van der Waals surface area contributed by atoms with Gasteiger partial charge in [0.2, 0.25) is 0 Å². The zero-order valence-corrected chi connectivity index (χ0v) is 13.6. The van der Waals surface area contributed by atoms with Crippen LogP contribution in [0.3, 0.4) is 0 Å². The molecule has 1 atom stereocenters. The van der Waals surface area contributed by atoms with Gasteiger partial charge in [-0.1, -0.05) is 18.5 Å². The van der Waals surface area contributed by atoms with E-state index in [2.05, 4.69) is 28.2 Å². The predicted molar refractivity (Wildman–Crippen MR) is 80.5 cm³/mol. The standard InChI is InChI=1S/C14H17BrClNO2/c1-13(6-7-13)14(2,12(18)19-3)17-9-4-5-11(16)10(15)8-9/h4-5,8,17H,6-7H2,1-3H3. The molecule has 19 heavy (non-hydrogen) atoms. The lowest BCUT2D eigenvalue weighted by molar-refractivity contribution is -0.147. The fourth-order valence-corrected chi connectivity index (χ4v) is 2.70. The summed E-state index contributed by atoms with van der Waals surface area (Å²) < 4.78 is 5.77. The third-order valence-corrected chi connectivity index (χ3v) is 5.33. The van der Waals surface area contributed by atoms with Gasteiger partial charge in [0.1, 0.15) is 5.54 Å². The number of carbonyl (C=O) groups excluding carboxylic acids is 1. The van der Waals surface area contributed by atoms with E-state index in [1.54, 1.807) is 6.07 Å². The maximum atomic E-state index is 12.2. The summed E-state index contributed by atoms with van der Waals surface area (Å²) in [5.41, 5.74) is 0.0543. The van der Waals surface area contributed by atoms with Gasteiger partial charge in [-0.25, -0.2) is 4.79 Å². The topological polar surface area (TPSA) is 38.3 Å². The van der Waals surface area contributed by atoms with E-state index < -0.39 is 5.54 Å². The van der Waals surface area contributed by atoms with Gasteiger partial charge in [-0.3, -0.25) is 0 Å². The largest absolute Gasteiger partial charge is 0.467 e. The number of carbonyl (C=O) groups is 1. The highest BCUT2D eigenvalue weighted by Crippen LogP contribution is 2.55. The van der Waals surface area contributed by atoms with Crippen LogP contribution in [0.1, 0.15) is 26.7 Å². The van der Waals surface area contributed by atoms with Gasteiger partial charge in [-0.05, 0) is 53.9 Å². The van der Waals surface area contributed by atoms with Gasteiger partial charge in [0.05, 0.1) is 12.1 Å². The molecule has 1 saturated carbocycles. The van der Waals surface area contributed by atoms with Crippen molar-refractivity contribution in [1.29, 1.82) is 0 Å². The first-order valence-corrected chi connectivity index (χ1v) is 7.31. The predicted octanol–water partition coefficient (Wildman–Crippen LogP) is 4.25. The van der Waals surface area contributed by atoms with Crippen molar-refractivity contribution in [3.63, 3.8) is 0 Å². The number of nitrogens with one attached hydrogen (secondary N) is 1. The summed E-state index contributed by atoms with van der Waals surface area (Å²) in [4.78, 5) is 12.2. The molecule has 0 spiro atoms. The number of ether oxygens (including phenoxy) is 1. The van der Waals surface area contributed by atoms with Crippen molar-refractivity contribution in [2.24, 2.45) is 5.41 Å². The van der Waals surface area contributed by atoms with Crippen LogP contribution in [0.15, 0.2) is 22.7 Å².